The van der Waals surface area contributed by atoms with Crippen molar-refractivity contribution in [3.63, 3.8) is 0 Å². The lowest BCUT2D eigenvalue weighted by Crippen LogP contribution is -2.44. The van der Waals surface area contributed by atoms with Crippen molar-refractivity contribution in [3.8, 4) is 23.0 Å². The molecule has 1 aliphatic rings. The van der Waals surface area contributed by atoms with Crippen LogP contribution < -0.4 is 0 Å². The molecule has 5 N–H and O–H groups in total. The first-order chi connectivity index (χ1) is 16.2. The highest BCUT2D eigenvalue weighted by Crippen LogP contribution is 2.27. The van der Waals surface area contributed by atoms with Gasteiger partial charge in [0.25, 0.3) is 0 Å². The van der Waals surface area contributed by atoms with Crippen LogP contribution >= 0.6 is 0 Å². The van der Waals surface area contributed by atoms with E-state index in [2.05, 4.69) is 0 Å². The van der Waals surface area contributed by atoms with E-state index >= 15 is 0 Å². The Labute approximate surface area is 194 Å². The van der Waals surface area contributed by atoms with Gasteiger partial charge in [0, 0.05) is 12.2 Å². The summed E-state index contributed by atoms with van der Waals surface area (Å²) in [4.78, 5) is 24.5. The Bertz CT molecular complexity index is 1090. The lowest BCUT2D eigenvalue weighted by molar-refractivity contribution is -0.242. The number of carbonyl (C=O) groups is 2. The first-order valence-electron chi connectivity index (χ1n) is 10.3. The quantitative estimate of drug-likeness (QED) is 0.229. The van der Waals surface area contributed by atoms with Crippen molar-refractivity contribution >= 4 is 24.1 Å². The number of aromatic hydroxyl groups is 4. The normalized spacial score (nSPS) is 20.4. The first-order valence-corrected chi connectivity index (χ1v) is 10.3. The molecule has 34 heavy (non-hydrogen) atoms. The van der Waals surface area contributed by atoms with Crippen LogP contribution in [0.15, 0.2) is 48.6 Å². The number of ether oxygens (including phenoxy) is 3. The van der Waals surface area contributed by atoms with Crippen molar-refractivity contribution in [2.24, 2.45) is 0 Å². The summed E-state index contributed by atoms with van der Waals surface area (Å²) in [7, 11) is 0. The zero-order valence-electron chi connectivity index (χ0n) is 17.9. The standard InChI is InChI=1S/C24H24O10/c25-13-16-5-8-21(33-22(30)9-3-14-1-6-17(26)19(28)11-14)24(32-16)34-23(31)10-4-15-2-7-18(27)20(29)12-15/h1-4,6-7,9-12,16,21,24-29H,5,8,13H2/b9-3+,10-4+/t16?,21-,24-/m0/s1. The Kier molecular flexibility index (Phi) is 8.12. The van der Waals surface area contributed by atoms with E-state index in [0.717, 1.165) is 12.2 Å². The van der Waals surface area contributed by atoms with Gasteiger partial charge >= 0.3 is 11.9 Å². The minimum atomic E-state index is -1.26. The molecule has 1 heterocycles. The second kappa shape index (κ2) is 11.2. The molecule has 2 aromatic rings. The number of hydrogen-bond acceptors (Lipinski definition) is 10. The zero-order chi connectivity index (χ0) is 24.7. The number of aliphatic hydroxyl groups is 1. The number of aliphatic hydroxyl groups excluding tert-OH is 1. The van der Waals surface area contributed by atoms with Gasteiger partial charge in [-0.2, -0.15) is 0 Å². The SMILES string of the molecule is O=C(/C=C/c1ccc(O)c(O)c1)O[C@@H]1OC(CO)CC[C@@H]1OC(=O)/C=C/c1ccc(O)c(O)c1. The van der Waals surface area contributed by atoms with Gasteiger partial charge in [0.2, 0.25) is 6.29 Å². The Morgan fingerprint density at radius 3 is 1.85 bits per heavy atom. The molecule has 1 fully saturated rings. The molecule has 1 unspecified atom stereocenters. The molecule has 0 aromatic heterocycles. The van der Waals surface area contributed by atoms with E-state index in [0.29, 0.717) is 17.5 Å². The van der Waals surface area contributed by atoms with Gasteiger partial charge in [0.15, 0.2) is 29.1 Å². The monoisotopic (exact) mass is 472 g/mol. The lowest BCUT2D eigenvalue weighted by atomic mass is 10.1. The number of carbonyl (C=O) groups excluding carboxylic acids is 2. The Hall–Kier alpha value is -4.02. The summed E-state index contributed by atoms with van der Waals surface area (Å²) in [5.74, 6) is -2.84. The molecule has 1 aliphatic heterocycles. The molecule has 180 valence electrons. The molecule has 0 amide bonds. The van der Waals surface area contributed by atoms with Gasteiger partial charge in [0.05, 0.1) is 12.7 Å². The van der Waals surface area contributed by atoms with Crippen LogP contribution in [0.4, 0.5) is 0 Å². The van der Waals surface area contributed by atoms with E-state index in [1.807, 2.05) is 0 Å². The predicted molar refractivity (Wildman–Crippen MR) is 119 cm³/mol. The third-order valence-corrected chi connectivity index (χ3v) is 4.93. The number of rotatable bonds is 7. The number of hydrogen-bond donors (Lipinski definition) is 5. The van der Waals surface area contributed by atoms with Gasteiger partial charge in [-0.05, 0) is 60.4 Å². The van der Waals surface area contributed by atoms with Crippen molar-refractivity contribution in [2.45, 2.75) is 31.3 Å². The van der Waals surface area contributed by atoms with Crippen LogP contribution in [0.25, 0.3) is 12.2 Å². The Morgan fingerprint density at radius 2 is 1.35 bits per heavy atom. The highest BCUT2D eigenvalue weighted by molar-refractivity contribution is 5.88. The van der Waals surface area contributed by atoms with Gasteiger partial charge in [-0.15, -0.1) is 0 Å². The maximum Gasteiger partial charge on any atom is 0.333 e. The largest absolute Gasteiger partial charge is 0.504 e. The summed E-state index contributed by atoms with van der Waals surface area (Å²) >= 11 is 0. The number of esters is 2. The van der Waals surface area contributed by atoms with Crippen LogP contribution in [-0.2, 0) is 23.8 Å². The minimum absolute atomic E-state index is 0.276. The summed E-state index contributed by atoms with van der Waals surface area (Å²) in [6, 6.07) is 8.01. The van der Waals surface area contributed by atoms with Crippen molar-refractivity contribution in [1.82, 2.24) is 0 Å². The molecule has 3 atom stereocenters. The number of phenolic OH excluding ortho intramolecular Hbond substituents is 4. The Morgan fingerprint density at radius 1 is 0.824 bits per heavy atom. The van der Waals surface area contributed by atoms with Crippen molar-refractivity contribution in [1.29, 1.82) is 0 Å². The van der Waals surface area contributed by atoms with Crippen LogP contribution in [0, 0.1) is 0 Å². The van der Waals surface area contributed by atoms with E-state index in [1.54, 1.807) is 0 Å². The summed E-state index contributed by atoms with van der Waals surface area (Å²) < 4.78 is 16.2. The summed E-state index contributed by atoms with van der Waals surface area (Å²) in [6.45, 7) is -0.304. The number of phenols is 4. The van der Waals surface area contributed by atoms with E-state index in [9.17, 15) is 35.1 Å². The lowest BCUT2D eigenvalue weighted by Gasteiger charge is -2.34. The van der Waals surface area contributed by atoms with Crippen molar-refractivity contribution < 1.29 is 49.3 Å². The number of benzene rings is 2. The fourth-order valence-corrected chi connectivity index (χ4v) is 3.14. The average molecular weight is 472 g/mol. The van der Waals surface area contributed by atoms with Crippen LogP contribution in [0.1, 0.15) is 24.0 Å². The third-order valence-electron chi connectivity index (χ3n) is 4.93. The fraction of sp³-hybridized carbons (Fsp3) is 0.250. The summed E-state index contributed by atoms with van der Waals surface area (Å²) in [6.07, 6.45) is 2.78. The van der Waals surface area contributed by atoms with Crippen LogP contribution in [0.5, 0.6) is 23.0 Å². The summed E-state index contributed by atoms with van der Waals surface area (Å²) in [5.41, 5.74) is 0.874. The third kappa shape index (κ3) is 6.74. The molecule has 10 heteroatoms. The topological polar surface area (TPSA) is 163 Å². The van der Waals surface area contributed by atoms with Gasteiger partial charge in [-0.1, -0.05) is 12.1 Å². The molecular formula is C24H24O10. The molecule has 2 aromatic carbocycles. The second-order valence-corrected chi connectivity index (χ2v) is 7.46. The van der Waals surface area contributed by atoms with E-state index in [-0.39, 0.29) is 36.0 Å². The molecule has 0 aliphatic carbocycles. The molecule has 0 bridgehead atoms. The van der Waals surface area contributed by atoms with Crippen molar-refractivity contribution in [2.75, 3.05) is 6.61 Å². The van der Waals surface area contributed by atoms with Crippen LogP contribution in [-0.4, -0.2) is 62.6 Å². The fourth-order valence-electron chi connectivity index (χ4n) is 3.14. The van der Waals surface area contributed by atoms with E-state index in [4.69, 9.17) is 14.2 Å². The highest BCUT2D eigenvalue weighted by Gasteiger charge is 2.36. The van der Waals surface area contributed by atoms with E-state index in [1.165, 1.54) is 48.6 Å². The maximum absolute atomic E-state index is 12.3. The van der Waals surface area contributed by atoms with Gasteiger partial charge in [0.1, 0.15) is 0 Å². The van der Waals surface area contributed by atoms with Gasteiger partial charge in [-0.3, -0.25) is 0 Å². The smallest absolute Gasteiger partial charge is 0.333 e. The second-order valence-electron chi connectivity index (χ2n) is 7.46. The average Bonchev–Trinajstić information content (AvgIpc) is 2.81. The molecule has 0 saturated carbocycles. The molecule has 3 rings (SSSR count). The zero-order valence-corrected chi connectivity index (χ0v) is 17.9. The Balaban J connectivity index is 1.63. The van der Waals surface area contributed by atoms with E-state index < -0.39 is 30.4 Å². The van der Waals surface area contributed by atoms with Gasteiger partial charge < -0.3 is 39.7 Å². The molecule has 10 nitrogen and oxygen atoms in total. The molecule has 0 radical (unpaired) electrons. The molecular weight excluding hydrogens is 448 g/mol. The van der Waals surface area contributed by atoms with Crippen LogP contribution in [0.2, 0.25) is 0 Å². The highest BCUT2D eigenvalue weighted by atomic mass is 16.7. The predicted octanol–water partition coefficient (Wildman–Crippen LogP) is 2.19. The molecule has 0 spiro atoms. The molecule has 1 saturated heterocycles. The maximum atomic E-state index is 12.3. The van der Waals surface area contributed by atoms with Gasteiger partial charge in [-0.25, -0.2) is 9.59 Å². The van der Waals surface area contributed by atoms with Crippen LogP contribution in [0.3, 0.4) is 0 Å². The van der Waals surface area contributed by atoms with Crippen molar-refractivity contribution in [3.05, 3.63) is 59.7 Å². The summed E-state index contributed by atoms with van der Waals surface area (Å²) in [5, 5.41) is 47.1. The first kappa shape index (κ1) is 24.6. The minimum Gasteiger partial charge on any atom is -0.504 e.